The van der Waals surface area contributed by atoms with E-state index in [-0.39, 0.29) is 37.4 Å². The second kappa shape index (κ2) is 11.4. The molecule has 39 heavy (non-hydrogen) atoms. The molecular weight excluding hydrogens is 498 g/mol. The molecule has 5 rings (SSSR count). The zero-order valence-electron chi connectivity index (χ0n) is 21.2. The molecule has 0 saturated carbocycles. The summed E-state index contributed by atoms with van der Waals surface area (Å²) in [6.07, 6.45) is 0.523. The van der Waals surface area contributed by atoms with Crippen molar-refractivity contribution in [3.8, 4) is 5.75 Å². The number of anilines is 1. The minimum absolute atomic E-state index is 0.209. The van der Waals surface area contributed by atoms with E-state index in [1.165, 1.54) is 4.90 Å². The molecule has 2 aliphatic rings. The fourth-order valence-corrected chi connectivity index (χ4v) is 4.67. The Balaban J connectivity index is 1.10. The predicted molar refractivity (Wildman–Crippen MR) is 143 cm³/mol. The number of amides is 5. The van der Waals surface area contributed by atoms with Gasteiger partial charge in [0, 0.05) is 37.3 Å². The second-order valence-corrected chi connectivity index (χ2v) is 9.53. The van der Waals surface area contributed by atoms with Crippen LogP contribution in [0.3, 0.4) is 0 Å². The van der Waals surface area contributed by atoms with Gasteiger partial charge in [-0.1, -0.05) is 36.4 Å². The number of benzene rings is 3. The van der Waals surface area contributed by atoms with Crippen molar-refractivity contribution in [2.24, 2.45) is 5.73 Å². The van der Waals surface area contributed by atoms with Crippen LogP contribution in [0.5, 0.6) is 5.75 Å². The first kappa shape index (κ1) is 25.9. The Kier molecular flexibility index (Phi) is 7.55. The van der Waals surface area contributed by atoms with Crippen molar-refractivity contribution in [1.29, 1.82) is 0 Å². The fourth-order valence-electron chi connectivity index (χ4n) is 4.67. The number of imide groups is 1. The number of hydrogen-bond acceptors (Lipinski definition) is 6. The van der Waals surface area contributed by atoms with Crippen LogP contribution in [-0.4, -0.2) is 34.7 Å². The quantitative estimate of drug-likeness (QED) is 0.332. The molecule has 2 aliphatic heterocycles. The average Bonchev–Trinajstić information content (AvgIpc) is 3.27. The number of nitrogens with two attached hydrogens (primary N) is 1. The van der Waals surface area contributed by atoms with Gasteiger partial charge in [0.25, 0.3) is 5.91 Å². The van der Waals surface area contributed by atoms with E-state index in [0.717, 1.165) is 22.3 Å². The number of urea groups is 1. The van der Waals surface area contributed by atoms with Gasteiger partial charge in [-0.2, -0.15) is 0 Å². The van der Waals surface area contributed by atoms with Gasteiger partial charge in [-0.25, -0.2) is 4.79 Å². The molecule has 0 spiro atoms. The number of nitrogens with one attached hydrogen (secondary N) is 3. The largest absolute Gasteiger partial charge is 0.489 e. The van der Waals surface area contributed by atoms with Gasteiger partial charge in [-0.3, -0.25) is 19.7 Å². The molecule has 10 nitrogen and oxygen atoms in total. The zero-order chi connectivity index (χ0) is 27.4. The zero-order valence-corrected chi connectivity index (χ0v) is 21.2. The van der Waals surface area contributed by atoms with Gasteiger partial charge in [-0.05, 0) is 59.0 Å². The maximum absolute atomic E-state index is 12.8. The molecule has 1 saturated heterocycles. The fraction of sp³-hybridized carbons (Fsp3) is 0.241. The van der Waals surface area contributed by atoms with Gasteiger partial charge in [0.15, 0.2) is 0 Å². The van der Waals surface area contributed by atoms with E-state index in [2.05, 4.69) is 16.0 Å². The molecular formula is C29H29N5O5. The summed E-state index contributed by atoms with van der Waals surface area (Å²) in [5.41, 5.74) is 10.5. The second-order valence-electron chi connectivity index (χ2n) is 9.53. The highest BCUT2D eigenvalue weighted by Crippen LogP contribution is 2.28. The Hall–Kier alpha value is -4.70. The van der Waals surface area contributed by atoms with Crippen LogP contribution in [0.15, 0.2) is 66.7 Å². The Bertz CT molecular complexity index is 1400. The number of nitrogens with zero attached hydrogens (tertiary/aromatic N) is 1. The number of piperidine rings is 1. The standard InChI is InChI=1S/C29H29N5O5/c30-14-18-1-3-19(4-2-18)17-39-23-8-6-22(7-9-23)32-29(38)31-15-20-5-10-24-21(13-20)16-34(28(24)37)25-11-12-26(35)33-27(25)36/h1-10,13,25H,11-12,14-17,30H2,(H2,31,32,38)(H,33,35,36). The van der Waals surface area contributed by atoms with Crippen molar-refractivity contribution in [2.75, 3.05) is 5.32 Å². The molecule has 200 valence electrons. The SMILES string of the molecule is NCc1ccc(COc2ccc(NC(=O)NCc3ccc4c(c3)CN(C3CCC(=O)NC3=O)C4=O)cc2)cc1. The van der Waals surface area contributed by atoms with Crippen LogP contribution in [0.25, 0.3) is 0 Å². The van der Waals surface area contributed by atoms with E-state index in [1.54, 1.807) is 36.4 Å². The van der Waals surface area contributed by atoms with Crippen molar-refractivity contribution in [1.82, 2.24) is 15.5 Å². The van der Waals surface area contributed by atoms with Gasteiger partial charge < -0.3 is 26.0 Å². The van der Waals surface area contributed by atoms with Crippen molar-refractivity contribution < 1.29 is 23.9 Å². The number of rotatable bonds is 8. The van der Waals surface area contributed by atoms with E-state index in [9.17, 15) is 19.2 Å². The number of ether oxygens (including phenoxy) is 1. The third-order valence-electron chi connectivity index (χ3n) is 6.82. The minimum Gasteiger partial charge on any atom is -0.489 e. The molecule has 2 heterocycles. The number of carbonyl (C=O) groups is 4. The normalized spacial score (nSPS) is 16.5. The lowest BCUT2D eigenvalue weighted by atomic mass is 10.0. The third kappa shape index (κ3) is 6.07. The first-order valence-corrected chi connectivity index (χ1v) is 12.7. The van der Waals surface area contributed by atoms with Crippen LogP contribution in [0.1, 0.15) is 45.5 Å². The number of fused-ring (bicyclic) bond motifs is 1. The maximum Gasteiger partial charge on any atom is 0.319 e. The predicted octanol–water partition coefficient (Wildman–Crippen LogP) is 2.81. The minimum atomic E-state index is -0.658. The van der Waals surface area contributed by atoms with E-state index < -0.39 is 11.9 Å². The lowest BCUT2D eigenvalue weighted by Gasteiger charge is -2.29. The molecule has 1 atom stereocenters. The summed E-state index contributed by atoms with van der Waals surface area (Å²) in [6, 6.07) is 19.3. The van der Waals surface area contributed by atoms with Crippen molar-refractivity contribution >= 4 is 29.4 Å². The molecule has 5 N–H and O–H groups in total. The number of carbonyl (C=O) groups excluding carboxylic acids is 4. The molecule has 1 fully saturated rings. The first-order chi connectivity index (χ1) is 18.9. The third-order valence-corrected chi connectivity index (χ3v) is 6.82. The number of hydrogen-bond donors (Lipinski definition) is 4. The smallest absolute Gasteiger partial charge is 0.319 e. The van der Waals surface area contributed by atoms with Crippen LogP contribution in [0.4, 0.5) is 10.5 Å². The van der Waals surface area contributed by atoms with Crippen molar-refractivity contribution in [3.63, 3.8) is 0 Å². The molecule has 0 aromatic heterocycles. The molecule has 1 unspecified atom stereocenters. The first-order valence-electron chi connectivity index (χ1n) is 12.7. The van der Waals surface area contributed by atoms with Crippen LogP contribution in [0.2, 0.25) is 0 Å². The van der Waals surface area contributed by atoms with Crippen LogP contribution in [0, 0.1) is 0 Å². The van der Waals surface area contributed by atoms with Crippen LogP contribution >= 0.6 is 0 Å². The van der Waals surface area contributed by atoms with E-state index in [1.807, 2.05) is 30.3 Å². The lowest BCUT2D eigenvalue weighted by molar-refractivity contribution is -0.136. The molecule has 0 radical (unpaired) electrons. The van der Waals surface area contributed by atoms with Gasteiger partial charge >= 0.3 is 6.03 Å². The topological polar surface area (TPSA) is 143 Å². The highest BCUT2D eigenvalue weighted by molar-refractivity contribution is 6.05. The van der Waals surface area contributed by atoms with Crippen LogP contribution < -0.4 is 26.4 Å². The van der Waals surface area contributed by atoms with E-state index >= 15 is 0 Å². The molecule has 3 aromatic carbocycles. The summed E-state index contributed by atoms with van der Waals surface area (Å²) in [5.74, 6) is -0.305. The lowest BCUT2D eigenvalue weighted by Crippen LogP contribution is -2.52. The summed E-state index contributed by atoms with van der Waals surface area (Å²) >= 11 is 0. The molecule has 10 heteroatoms. The Labute approximate surface area is 225 Å². The van der Waals surface area contributed by atoms with Crippen molar-refractivity contribution in [3.05, 3.63) is 94.5 Å². The Morgan fingerprint density at radius 3 is 2.41 bits per heavy atom. The Morgan fingerprint density at radius 2 is 1.69 bits per heavy atom. The van der Waals surface area contributed by atoms with Gasteiger partial charge in [-0.15, -0.1) is 0 Å². The summed E-state index contributed by atoms with van der Waals surface area (Å²) in [4.78, 5) is 50.4. The van der Waals surface area contributed by atoms with Gasteiger partial charge in [0.1, 0.15) is 18.4 Å². The average molecular weight is 528 g/mol. The van der Waals surface area contributed by atoms with Crippen LogP contribution in [-0.2, 0) is 35.8 Å². The maximum atomic E-state index is 12.8. The summed E-state index contributed by atoms with van der Waals surface area (Å²) < 4.78 is 5.81. The highest BCUT2D eigenvalue weighted by atomic mass is 16.5. The van der Waals surface area contributed by atoms with E-state index in [4.69, 9.17) is 10.5 Å². The molecule has 0 aliphatic carbocycles. The monoisotopic (exact) mass is 527 g/mol. The summed E-state index contributed by atoms with van der Waals surface area (Å²) in [5, 5.41) is 7.91. The van der Waals surface area contributed by atoms with E-state index in [0.29, 0.717) is 36.6 Å². The molecule has 3 aromatic rings. The molecule has 0 bridgehead atoms. The highest BCUT2D eigenvalue weighted by Gasteiger charge is 2.39. The van der Waals surface area contributed by atoms with Gasteiger partial charge in [0.2, 0.25) is 11.8 Å². The van der Waals surface area contributed by atoms with Crippen molar-refractivity contribution in [2.45, 2.75) is 45.1 Å². The summed E-state index contributed by atoms with van der Waals surface area (Å²) in [7, 11) is 0. The molecule has 5 amide bonds. The summed E-state index contributed by atoms with van der Waals surface area (Å²) in [6.45, 7) is 1.47. The Morgan fingerprint density at radius 1 is 0.974 bits per heavy atom. The van der Waals surface area contributed by atoms with Gasteiger partial charge in [0.05, 0.1) is 0 Å².